The van der Waals surface area contributed by atoms with Crippen LogP contribution in [0.4, 0.5) is 11.7 Å². The molecule has 4 heteroatoms. The van der Waals surface area contributed by atoms with E-state index in [9.17, 15) is 0 Å². The van der Waals surface area contributed by atoms with Crippen LogP contribution in [0.15, 0.2) is 52.9 Å². The fourth-order valence-electron chi connectivity index (χ4n) is 2.98. The first-order chi connectivity index (χ1) is 10.8. The topological polar surface area (TPSA) is 32.5 Å². The molecule has 2 heterocycles. The number of aryl methyl sites for hydroxylation is 1. The highest BCUT2D eigenvalue weighted by atomic mass is 16.4. The van der Waals surface area contributed by atoms with E-state index in [1.807, 2.05) is 24.3 Å². The molecule has 0 N–H and O–H groups in total. The average molecular weight is 293 g/mol. The van der Waals surface area contributed by atoms with Crippen molar-refractivity contribution >= 4 is 22.8 Å². The van der Waals surface area contributed by atoms with Gasteiger partial charge in [0.05, 0.1) is 0 Å². The molecule has 4 rings (SSSR count). The molecule has 0 bridgehead atoms. The van der Waals surface area contributed by atoms with Gasteiger partial charge in [-0.2, -0.15) is 4.98 Å². The Hall–Kier alpha value is -2.49. The third-order valence-electron chi connectivity index (χ3n) is 4.20. The van der Waals surface area contributed by atoms with Crippen LogP contribution in [0, 0.1) is 6.92 Å². The second kappa shape index (κ2) is 5.37. The van der Waals surface area contributed by atoms with Gasteiger partial charge in [-0.1, -0.05) is 24.3 Å². The summed E-state index contributed by atoms with van der Waals surface area (Å²) in [5.41, 5.74) is 4.40. The van der Waals surface area contributed by atoms with E-state index in [-0.39, 0.29) is 0 Å². The normalized spacial score (nSPS) is 15.5. The van der Waals surface area contributed by atoms with Crippen molar-refractivity contribution in [2.24, 2.45) is 0 Å². The summed E-state index contributed by atoms with van der Waals surface area (Å²) in [6, 6.07) is 17.4. The smallest absolute Gasteiger partial charge is 0.298 e. The molecule has 1 aliphatic rings. The first kappa shape index (κ1) is 13.2. The Labute approximate surface area is 130 Å². The van der Waals surface area contributed by atoms with Crippen molar-refractivity contribution in [3.05, 3.63) is 54.1 Å². The van der Waals surface area contributed by atoms with Crippen LogP contribution in [0.2, 0.25) is 0 Å². The first-order valence-corrected chi connectivity index (χ1v) is 7.72. The first-order valence-electron chi connectivity index (χ1n) is 7.72. The number of piperazine rings is 1. The van der Waals surface area contributed by atoms with Crippen LogP contribution < -0.4 is 9.80 Å². The van der Waals surface area contributed by atoms with E-state index >= 15 is 0 Å². The van der Waals surface area contributed by atoms with Gasteiger partial charge in [0.2, 0.25) is 0 Å². The predicted octanol–water partition coefficient (Wildman–Crippen LogP) is 3.46. The average Bonchev–Trinajstić information content (AvgIpc) is 2.99. The molecular formula is C18H19N3O. The maximum atomic E-state index is 5.86. The number of benzene rings is 2. The Kier molecular flexibility index (Phi) is 3.22. The molecule has 0 spiro atoms. The Morgan fingerprint density at radius 2 is 1.68 bits per heavy atom. The standard InChI is InChI=1S/C18H19N3O/c1-14-5-4-6-15(13-14)20-9-11-21(12-10-20)18-19-16-7-2-3-8-17(16)22-18/h2-8,13H,9-12H2,1H3. The maximum absolute atomic E-state index is 5.86. The van der Waals surface area contributed by atoms with Crippen molar-refractivity contribution in [1.29, 1.82) is 0 Å². The SMILES string of the molecule is Cc1cccc(N2CCN(c3nc4ccccc4o3)CC2)c1. The molecular weight excluding hydrogens is 274 g/mol. The lowest BCUT2D eigenvalue weighted by Crippen LogP contribution is -2.46. The van der Waals surface area contributed by atoms with Gasteiger partial charge in [0.25, 0.3) is 6.01 Å². The van der Waals surface area contributed by atoms with Crippen LogP contribution in [0.5, 0.6) is 0 Å². The number of para-hydroxylation sites is 2. The molecule has 1 saturated heterocycles. The molecule has 1 aliphatic heterocycles. The molecule has 22 heavy (non-hydrogen) atoms. The Morgan fingerprint density at radius 1 is 0.909 bits per heavy atom. The number of fused-ring (bicyclic) bond motifs is 1. The van der Waals surface area contributed by atoms with E-state index in [2.05, 4.69) is 46.0 Å². The number of hydrogen-bond acceptors (Lipinski definition) is 4. The Morgan fingerprint density at radius 3 is 2.45 bits per heavy atom. The molecule has 2 aromatic carbocycles. The number of rotatable bonds is 2. The quantitative estimate of drug-likeness (QED) is 0.724. The predicted molar refractivity (Wildman–Crippen MR) is 89.6 cm³/mol. The van der Waals surface area contributed by atoms with Crippen molar-refractivity contribution in [3.8, 4) is 0 Å². The van der Waals surface area contributed by atoms with Crippen molar-refractivity contribution in [2.75, 3.05) is 36.0 Å². The zero-order chi connectivity index (χ0) is 14.9. The fourth-order valence-corrected chi connectivity index (χ4v) is 2.98. The number of aromatic nitrogens is 1. The monoisotopic (exact) mass is 293 g/mol. The molecule has 1 aromatic heterocycles. The van der Waals surface area contributed by atoms with Gasteiger partial charge in [-0.15, -0.1) is 0 Å². The molecule has 0 aliphatic carbocycles. The summed E-state index contributed by atoms with van der Waals surface area (Å²) < 4.78 is 5.86. The molecule has 0 radical (unpaired) electrons. The summed E-state index contributed by atoms with van der Waals surface area (Å²) in [4.78, 5) is 9.24. The minimum atomic E-state index is 0.741. The van der Waals surface area contributed by atoms with Crippen LogP contribution in [0.3, 0.4) is 0 Å². The largest absolute Gasteiger partial charge is 0.423 e. The zero-order valence-electron chi connectivity index (χ0n) is 12.7. The molecule has 0 amide bonds. The second-order valence-corrected chi connectivity index (χ2v) is 5.78. The summed E-state index contributed by atoms with van der Waals surface area (Å²) in [7, 11) is 0. The summed E-state index contributed by atoms with van der Waals surface area (Å²) in [6.45, 7) is 5.98. The molecule has 1 fully saturated rings. The number of nitrogens with zero attached hydrogens (tertiary/aromatic N) is 3. The van der Waals surface area contributed by atoms with E-state index in [0.29, 0.717) is 0 Å². The highest BCUT2D eigenvalue weighted by Crippen LogP contribution is 2.24. The van der Waals surface area contributed by atoms with Gasteiger partial charge in [0.15, 0.2) is 5.58 Å². The van der Waals surface area contributed by atoms with Crippen molar-refractivity contribution < 1.29 is 4.42 Å². The Bertz CT molecular complexity index is 755. The van der Waals surface area contributed by atoms with Crippen LogP contribution >= 0.6 is 0 Å². The summed E-state index contributed by atoms with van der Waals surface area (Å²) in [5, 5.41) is 0. The lowest BCUT2D eigenvalue weighted by molar-refractivity contribution is 0.542. The molecule has 112 valence electrons. The van der Waals surface area contributed by atoms with Crippen molar-refractivity contribution in [2.45, 2.75) is 6.92 Å². The minimum absolute atomic E-state index is 0.741. The van der Waals surface area contributed by atoms with Gasteiger partial charge >= 0.3 is 0 Å². The van der Waals surface area contributed by atoms with Gasteiger partial charge in [0, 0.05) is 31.9 Å². The fraction of sp³-hybridized carbons (Fsp3) is 0.278. The molecule has 3 aromatic rings. The van der Waals surface area contributed by atoms with E-state index in [1.165, 1.54) is 11.3 Å². The van der Waals surface area contributed by atoms with E-state index in [1.54, 1.807) is 0 Å². The van der Waals surface area contributed by atoms with Gasteiger partial charge in [-0.3, -0.25) is 0 Å². The van der Waals surface area contributed by atoms with Gasteiger partial charge < -0.3 is 14.2 Å². The lowest BCUT2D eigenvalue weighted by Gasteiger charge is -2.35. The number of oxazole rings is 1. The van der Waals surface area contributed by atoms with E-state index in [0.717, 1.165) is 43.3 Å². The van der Waals surface area contributed by atoms with E-state index < -0.39 is 0 Å². The third kappa shape index (κ3) is 2.41. The number of anilines is 2. The van der Waals surface area contributed by atoms with Crippen molar-refractivity contribution in [3.63, 3.8) is 0 Å². The third-order valence-corrected chi connectivity index (χ3v) is 4.20. The highest BCUT2D eigenvalue weighted by Gasteiger charge is 2.21. The minimum Gasteiger partial charge on any atom is -0.423 e. The summed E-state index contributed by atoms with van der Waals surface area (Å²) in [6.07, 6.45) is 0. The molecule has 0 saturated carbocycles. The molecule has 0 unspecified atom stereocenters. The van der Waals surface area contributed by atoms with Crippen LogP contribution in [-0.2, 0) is 0 Å². The number of hydrogen-bond donors (Lipinski definition) is 0. The molecule has 0 atom stereocenters. The van der Waals surface area contributed by atoms with Gasteiger partial charge in [-0.05, 0) is 36.8 Å². The summed E-state index contributed by atoms with van der Waals surface area (Å²) >= 11 is 0. The summed E-state index contributed by atoms with van der Waals surface area (Å²) in [5.74, 6) is 0. The van der Waals surface area contributed by atoms with Gasteiger partial charge in [-0.25, -0.2) is 0 Å². The van der Waals surface area contributed by atoms with Crippen LogP contribution in [0.1, 0.15) is 5.56 Å². The van der Waals surface area contributed by atoms with Crippen LogP contribution in [-0.4, -0.2) is 31.2 Å². The lowest BCUT2D eigenvalue weighted by atomic mass is 10.2. The van der Waals surface area contributed by atoms with Crippen molar-refractivity contribution in [1.82, 2.24) is 4.98 Å². The van der Waals surface area contributed by atoms with E-state index in [4.69, 9.17) is 4.42 Å². The maximum Gasteiger partial charge on any atom is 0.298 e. The zero-order valence-corrected chi connectivity index (χ0v) is 12.7. The molecule has 4 nitrogen and oxygen atoms in total. The van der Waals surface area contributed by atoms with Crippen LogP contribution in [0.25, 0.3) is 11.1 Å². The van der Waals surface area contributed by atoms with Gasteiger partial charge in [0.1, 0.15) is 5.52 Å². The highest BCUT2D eigenvalue weighted by molar-refractivity contribution is 5.74. The second-order valence-electron chi connectivity index (χ2n) is 5.78. The Balaban J connectivity index is 1.49.